The summed E-state index contributed by atoms with van der Waals surface area (Å²) in [6.45, 7) is 3.96. The lowest BCUT2D eigenvalue weighted by atomic mass is 9.88. The summed E-state index contributed by atoms with van der Waals surface area (Å²) in [5.41, 5.74) is 0.602. The van der Waals surface area contributed by atoms with Crippen molar-refractivity contribution < 1.29 is 13.6 Å². The van der Waals surface area contributed by atoms with Gasteiger partial charge in [0, 0.05) is 5.92 Å². The number of hydrogen-bond donors (Lipinski definition) is 2. The molecule has 0 amide bonds. The van der Waals surface area contributed by atoms with E-state index < -0.39 is 10.0 Å². The van der Waals surface area contributed by atoms with Crippen LogP contribution in [0, 0.1) is 5.92 Å². The van der Waals surface area contributed by atoms with Gasteiger partial charge in [0.2, 0.25) is 10.0 Å². The van der Waals surface area contributed by atoms with Gasteiger partial charge < -0.3 is 5.21 Å². The number of thiophene rings is 1. The summed E-state index contributed by atoms with van der Waals surface area (Å²) in [7, 11) is -3.72. The quantitative estimate of drug-likeness (QED) is 0.489. The lowest BCUT2D eigenvalue weighted by Gasteiger charge is -2.18. The van der Waals surface area contributed by atoms with Crippen molar-refractivity contribution in [2.24, 2.45) is 16.2 Å². The van der Waals surface area contributed by atoms with Gasteiger partial charge in [-0.3, -0.25) is 0 Å². The van der Waals surface area contributed by atoms with E-state index in [0.29, 0.717) is 5.56 Å². The molecule has 2 atom stereocenters. The van der Waals surface area contributed by atoms with Crippen LogP contribution in [0.15, 0.2) is 20.8 Å². The molecule has 0 fully saturated rings. The van der Waals surface area contributed by atoms with Crippen LogP contribution in [0.5, 0.6) is 0 Å². The Balaban J connectivity index is 3.25. The van der Waals surface area contributed by atoms with E-state index in [-0.39, 0.29) is 16.0 Å². The Labute approximate surface area is 105 Å². The summed E-state index contributed by atoms with van der Waals surface area (Å²) in [4.78, 5) is 0. The van der Waals surface area contributed by atoms with Gasteiger partial charge in [-0.05, 0) is 22.9 Å². The van der Waals surface area contributed by atoms with Gasteiger partial charge in [-0.15, -0.1) is 16.5 Å². The van der Waals surface area contributed by atoms with Crippen LogP contribution in [0.1, 0.15) is 31.7 Å². The first-order chi connectivity index (χ1) is 7.91. The molecule has 0 spiro atoms. The summed E-state index contributed by atoms with van der Waals surface area (Å²) >= 11 is 1.08. The van der Waals surface area contributed by atoms with E-state index in [9.17, 15) is 8.42 Å². The van der Waals surface area contributed by atoms with Crippen LogP contribution in [0.25, 0.3) is 0 Å². The maximum Gasteiger partial charge on any atom is 0.247 e. The fraction of sp³-hybridized carbons (Fsp3) is 0.500. The zero-order valence-electron chi connectivity index (χ0n) is 9.70. The summed E-state index contributed by atoms with van der Waals surface area (Å²) < 4.78 is 23.0. The van der Waals surface area contributed by atoms with Crippen molar-refractivity contribution in [2.45, 2.75) is 30.4 Å². The molecule has 0 bridgehead atoms. The third-order valence-electron chi connectivity index (χ3n) is 2.76. The first-order valence-corrected chi connectivity index (χ1v) is 7.62. The highest BCUT2D eigenvalue weighted by atomic mass is 32.2. The van der Waals surface area contributed by atoms with Crippen LogP contribution < -0.4 is 5.14 Å². The molecular formula is C10H16N2O3S2. The molecule has 0 radical (unpaired) electrons. The van der Waals surface area contributed by atoms with Crippen LogP contribution in [-0.4, -0.2) is 19.8 Å². The summed E-state index contributed by atoms with van der Waals surface area (Å²) in [5.74, 6) is -0.0782. The Hall–Kier alpha value is -0.920. The smallest absolute Gasteiger partial charge is 0.247 e. The lowest BCUT2D eigenvalue weighted by Crippen LogP contribution is -2.17. The second kappa shape index (κ2) is 5.61. The molecule has 0 aliphatic rings. The van der Waals surface area contributed by atoms with Crippen molar-refractivity contribution in [3.05, 3.63) is 17.0 Å². The molecule has 0 aliphatic carbocycles. The minimum absolute atomic E-state index is 0.141. The van der Waals surface area contributed by atoms with E-state index in [1.807, 2.05) is 13.8 Å². The molecular weight excluding hydrogens is 260 g/mol. The van der Waals surface area contributed by atoms with Crippen molar-refractivity contribution in [3.8, 4) is 0 Å². The number of sulfonamides is 1. The fourth-order valence-electron chi connectivity index (χ4n) is 1.64. The van der Waals surface area contributed by atoms with E-state index in [0.717, 1.165) is 17.8 Å². The number of oxime groups is 1. The average molecular weight is 276 g/mol. The van der Waals surface area contributed by atoms with Gasteiger partial charge in [-0.25, -0.2) is 13.6 Å². The van der Waals surface area contributed by atoms with Crippen molar-refractivity contribution in [3.63, 3.8) is 0 Å². The van der Waals surface area contributed by atoms with Gasteiger partial charge in [0.15, 0.2) is 0 Å². The van der Waals surface area contributed by atoms with Gasteiger partial charge in [0.25, 0.3) is 0 Å². The predicted octanol–water partition coefficient (Wildman–Crippen LogP) is 1.99. The summed E-state index contributed by atoms with van der Waals surface area (Å²) in [6.07, 6.45) is 2.20. The van der Waals surface area contributed by atoms with Crippen LogP contribution in [0.4, 0.5) is 0 Å². The third kappa shape index (κ3) is 3.27. The fourth-order valence-corrected chi connectivity index (χ4v) is 3.56. The second-order valence-electron chi connectivity index (χ2n) is 3.88. The Morgan fingerprint density at radius 2 is 2.29 bits per heavy atom. The Kier molecular flexibility index (Phi) is 4.67. The predicted molar refractivity (Wildman–Crippen MR) is 68.2 cm³/mol. The van der Waals surface area contributed by atoms with Gasteiger partial charge in [0.05, 0.1) is 6.21 Å². The van der Waals surface area contributed by atoms with Crippen LogP contribution in [0.3, 0.4) is 0 Å². The molecule has 0 aliphatic heterocycles. The van der Waals surface area contributed by atoms with Crippen LogP contribution >= 0.6 is 11.3 Å². The highest BCUT2D eigenvalue weighted by molar-refractivity contribution is 7.91. The summed E-state index contributed by atoms with van der Waals surface area (Å²) in [5, 5.41) is 18.5. The molecule has 1 aromatic rings. The van der Waals surface area contributed by atoms with Gasteiger partial charge in [-0.1, -0.05) is 20.3 Å². The van der Waals surface area contributed by atoms with E-state index in [1.54, 1.807) is 11.4 Å². The molecule has 3 N–H and O–H groups in total. The molecule has 0 unspecified atom stereocenters. The molecule has 1 aromatic heterocycles. The van der Waals surface area contributed by atoms with Crippen molar-refractivity contribution in [1.82, 2.24) is 0 Å². The zero-order valence-corrected chi connectivity index (χ0v) is 11.3. The Bertz CT molecular complexity index is 493. The normalized spacial score (nSPS) is 16.2. The van der Waals surface area contributed by atoms with E-state index >= 15 is 0 Å². The number of rotatable bonds is 5. The Morgan fingerprint density at radius 1 is 1.65 bits per heavy atom. The Morgan fingerprint density at radius 3 is 2.76 bits per heavy atom. The SMILES string of the molecule is CC[C@H](C)[C@H](/C=N\O)c1ccsc1S(N)(=O)=O. The highest BCUT2D eigenvalue weighted by Gasteiger charge is 2.25. The van der Waals surface area contributed by atoms with E-state index in [1.165, 1.54) is 6.21 Å². The molecule has 5 nitrogen and oxygen atoms in total. The molecule has 7 heteroatoms. The molecule has 17 heavy (non-hydrogen) atoms. The molecule has 1 heterocycles. The van der Waals surface area contributed by atoms with Gasteiger partial charge >= 0.3 is 0 Å². The summed E-state index contributed by atoms with van der Waals surface area (Å²) in [6, 6.07) is 1.71. The van der Waals surface area contributed by atoms with Crippen molar-refractivity contribution >= 4 is 27.6 Å². The molecule has 0 saturated carbocycles. The van der Waals surface area contributed by atoms with Crippen molar-refractivity contribution in [1.29, 1.82) is 0 Å². The largest absolute Gasteiger partial charge is 0.411 e. The first kappa shape index (κ1) is 14.1. The number of nitrogens with two attached hydrogens (primary N) is 1. The average Bonchev–Trinajstić information content (AvgIpc) is 2.73. The molecule has 0 saturated heterocycles. The maximum absolute atomic E-state index is 11.4. The monoisotopic (exact) mass is 276 g/mol. The number of nitrogens with zero attached hydrogens (tertiary/aromatic N) is 1. The minimum atomic E-state index is -3.72. The van der Waals surface area contributed by atoms with E-state index in [2.05, 4.69) is 5.16 Å². The van der Waals surface area contributed by atoms with Crippen LogP contribution in [-0.2, 0) is 10.0 Å². The van der Waals surface area contributed by atoms with E-state index in [4.69, 9.17) is 10.3 Å². The number of primary sulfonamides is 1. The first-order valence-electron chi connectivity index (χ1n) is 5.19. The minimum Gasteiger partial charge on any atom is -0.411 e. The highest BCUT2D eigenvalue weighted by Crippen LogP contribution is 2.33. The molecule has 96 valence electrons. The topological polar surface area (TPSA) is 92.8 Å². The molecule has 0 aromatic carbocycles. The van der Waals surface area contributed by atoms with Gasteiger partial charge in [-0.2, -0.15) is 0 Å². The van der Waals surface area contributed by atoms with Crippen molar-refractivity contribution in [2.75, 3.05) is 0 Å². The number of hydrogen-bond acceptors (Lipinski definition) is 5. The van der Waals surface area contributed by atoms with Gasteiger partial charge in [0.1, 0.15) is 4.21 Å². The van der Waals surface area contributed by atoms with Crippen LogP contribution in [0.2, 0.25) is 0 Å². The lowest BCUT2D eigenvalue weighted by molar-refractivity contribution is 0.317. The zero-order chi connectivity index (χ0) is 13.1. The third-order valence-corrected chi connectivity index (χ3v) is 5.22. The standard InChI is InChI=1S/C10H16N2O3S2/c1-3-7(2)9(6-12-13)8-4-5-16-10(8)17(11,14)15/h4-7,9,13H,3H2,1-2H3,(H2,11,14,15)/b12-6-/t7-,9-/m0/s1. The molecule has 1 rings (SSSR count). The maximum atomic E-state index is 11.4. The second-order valence-corrected chi connectivity index (χ2v) is 6.56.